The van der Waals surface area contributed by atoms with Crippen molar-refractivity contribution in [3.05, 3.63) is 0 Å². The highest BCUT2D eigenvalue weighted by atomic mass is 16.4. The van der Waals surface area contributed by atoms with Gasteiger partial charge >= 0.3 is 5.97 Å². The van der Waals surface area contributed by atoms with Crippen molar-refractivity contribution in [2.75, 3.05) is 0 Å². The second-order valence-electron chi connectivity index (χ2n) is 2.47. The van der Waals surface area contributed by atoms with E-state index in [-0.39, 0.29) is 0 Å². The van der Waals surface area contributed by atoms with Gasteiger partial charge in [0, 0.05) is 0 Å². The zero-order valence-corrected chi connectivity index (χ0v) is 7.27. The Labute approximate surface area is 67.6 Å². The topological polar surface area (TPSA) is 37.3 Å². The minimum Gasteiger partial charge on any atom is -0.480 e. The summed E-state index contributed by atoms with van der Waals surface area (Å²) >= 11 is 0. The summed E-state index contributed by atoms with van der Waals surface area (Å²) in [5.41, 5.74) is -0.811. The van der Waals surface area contributed by atoms with E-state index in [1.54, 1.807) is 6.92 Å². The van der Waals surface area contributed by atoms with Crippen molar-refractivity contribution in [1.29, 1.82) is 0 Å². The van der Waals surface area contributed by atoms with E-state index in [1.165, 1.54) is 0 Å². The zero-order valence-electron chi connectivity index (χ0n) is 7.27. The zero-order chi connectivity index (χ0) is 8.91. The molecule has 0 fully saturated rings. The smallest absolute Gasteiger partial charge is 0.321 e. The fourth-order valence-electron chi connectivity index (χ4n) is 1.02. The molecule has 0 unspecified atom stereocenters. The third-order valence-electron chi connectivity index (χ3n) is 1.98. The quantitative estimate of drug-likeness (QED) is 0.630. The average Bonchev–Trinajstić information content (AvgIpc) is 2.00. The van der Waals surface area contributed by atoms with Gasteiger partial charge in [-0.25, -0.2) is 0 Å². The molecule has 0 radical (unpaired) electrons. The van der Waals surface area contributed by atoms with Gasteiger partial charge in [-0.15, -0.1) is 5.92 Å². The Kier molecular flexibility index (Phi) is 3.67. The Morgan fingerprint density at radius 1 is 1.45 bits per heavy atom. The fraction of sp³-hybridized carbons (Fsp3) is 0.667. The van der Waals surface area contributed by atoms with Gasteiger partial charge in [0.25, 0.3) is 0 Å². The van der Waals surface area contributed by atoms with E-state index in [1.807, 2.05) is 13.8 Å². The van der Waals surface area contributed by atoms with Crippen LogP contribution >= 0.6 is 0 Å². The second-order valence-corrected chi connectivity index (χ2v) is 2.47. The van der Waals surface area contributed by atoms with E-state index < -0.39 is 11.4 Å². The highest BCUT2D eigenvalue weighted by Crippen LogP contribution is 2.25. The van der Waals surface area contributed by atoms with Crippen LogP contribution in [0.5, 0.6) is 0 Å². The van der Waals surface area contributed by atoms with Crippen LogP contribution in [0.4, 0.5) is 0 Å². The normalized spacial score (nSPS) is 10.1. The van der Waals surface area contributed by atoms with Crippen LogP contribution in [0, 0.1) is 17.3 Å². The first kappa shape index (κ1) is 10.0. The Bertz CT molecular complexity index is 191. The van der Waals surface area contributed by atoms with Crippen molar-refractivity contribution in [2.45, 2.75) is 33.6 Å². The molecule has 11 heavy (non-hydrogen) atoms. The van der Waals surface area contributed by atoms with Crippen LogP contribution in [0.3, 0.4) is 0 Å². The molecule has 0 rings (SSSR count). The molecular formula is C9H14O2. The van der Waals surface area contributed by atoms with E-state index in [0.717, 1.165) is 0 Å². The number of hydrogen-bond acceptors (Lipinski definition) is 1. The molecule has 0 aromatic carbocycles. The van der Waals surface area contributed by atoms with E-state index in [4.69, 9.17) is 5.11 Å². The van der Waals surface area contributed by atoms with Crippen molar-refractivity contribution in [3.8, 4) is 11.8 Å². The molecule has 0 atom stereocenters. The maximum Gasteiger partial charge on any atom is 0.321 e. The predicted octanol–water partition coefficient (Wildman–Crippen LogP) is 1.90. The van der Waals surface area contributed by atoms with Crippen LogP contribution in [0.15, 0.2) is 0 Å². The van der Waals surface area contributed by atoms with Crippen molar-refractivity contribution < 1.29 is 9.90 Å². The summed E-state index contributed by atoms with van der Waals surface area (Å²) in [5, 5.41) is 8.85. The SMILES string of the molecule is CC#CC(CC)(CC)C(=O)O. The van der Waals surface area contributed by atoms with Crippen LogP contribution in [0.2, 0.25) is 0 Å². The molecule has 2 nitrogen and oxygen atoms in total. The van der Waals surface area contributed by atoms with E-state index in [2.05, 4.69) is 11.8 Å². The minimum atomic E-state index is -0.811. The molecule has 0 aliphatic heterocycles. The molecular weight excluding hydrogens is 140 g/mol. The van der Waals surface area contributed by atoms with Gasteiger partial charge in [0.05, 0.1) is 0 Å². The summed E-state index contributed by atoms with van der Waals surface area (Å²) in [7, 11) is 0. The van der Waals surface area contributed by atoms with Crippen molar-refractivity contribution in [3.63, 3.8) is 0 Å². The third kappa shape index (κ3) is 1.98. The van der Waals surface area contributed by atoms with E-state index in [0.29, 0.717) is 12.8 Å². The highest BCUT2D eigenvalue weighted by Gasteiger charge is 2.32. The molecule has 0 amide bonds. The fourth-order valence-corrected chi connectivity index (χ4v) is 1.02. The van der Waals surface area contributed by atoms with Crippen molar-refractivity contribution >= 4 is 5.97 Å². The van der Waals surface area contributed by atoms with Crippen molar-refractivity contribution in [2.24, 2.45) is 5.41 Å². The third-order valence-corrected chi connectivity index (χ3v) is 1.98. The lowest BCUT2D eigenvalue weighted by atomic mass is 9.83. The molecule has 0 saturated heterocycles. The molecule has 0 aromatic heterocycles. The summed E-state index contributed by atoms with van der Waals surface area (Å²) < 4.78 is 0. The number of hydrogen-bond donors (Lipinski definition) is 1. The highest BCUT2D eigenvalue weighted by molar-refractivity contribution is 5.78. The van der Waals surface area contributed by atoms with Crippen LogP contribution in [0.1, 0.15) is 33.6 Å². The molecule has 0 aliphatic carbocycles. The van der Waals surface area contributed by atoms with Gasteiger partial charge in [-0.05, 0) is 19.8 Å². The Balaban J connectivity index is 4.70. The van der Waals surface area contributed by atoms with E-state index in [9.17, 15) is 4.79 Å². The first-order chi connectivity index (χ1) is 5.13. The Hall–Kier alpha value is -0.970. The molecule has 0 spiro atoms. The lowest BCUT2D eigenvalue weighted by molar-refractivity contribution is -0.145. The number of carbonyl (C=O) groups is 1. The van der Waals surface area contributed by atoms with Crippen LogP contribution in [-0.2, 0) is 4.79 Å². The maximum absolute atomic E-state index is 10.8. The number of aliphatic carboxylic acids is 1. The van der Waals surface area contributed by atoms with Gasteiger partial charge in [0.1, 0.15) is 5.41 Å². The summed E-state index contributed by atoms with van der Waals surface area (Å²) in [4.78, 5) is 10.8. The lowest BCUT2D eigenvalue weighted by Gasteiger charge is -2.19. The second kappa shape index (κ2) is 4.02. The van der Waals surface area contributed by atoms with Gasteiger partial charge in [-0.2, -0.15) is 0 Å². The molecule has 2 heteroatoms. The molecule has 0 aliphatic rings. The molecule has 0 heterocycles. The molecule has 0 bridgehead atoms. The van der Waals surface area contributed by atoms with Crippen LogP contribution in [0.25, 0.3) is 0 Å². The largest absolute Gasteiger partial charge is 0.480 e. The Morgan fingerprint density at radius 3 is 2.00 bits per heavy atom. The number of carboxylic acids is 1. The molecule has 1 N–H and O–H groups in total. The minimum absolute atomic E-state index is 0.569. The van der Waals surface area contributed by atoms with Gasteiger partial charge in [0.15, 0.2) is 0 Å². The van der Waals surface area contributed by atoms with Crippen LogP contribution in [-0.4, -0.2) is 11.1 Å². The molecule has 62 valence electrons. The lowest BCUT2D eigenvalue weighted by Crippen LogP contribution is -2.27. The monoisotopic (exact) mass is 154 g/mol. The summed E-state index contributed by atoms with van der Waals surface area (Å²) in [6.45, 7) is 5.37. The Morgan fingerprint density at radius 2 is 1.91 bits per heavy atom. The van der Waals surface area contributed by atoms with Crippen LogP contribution < -0.4 is 0 Å². The molecule has 0 aromatic rings. The van der Waals surface area contributed by atoms with Gasteiger partial charge in [-0.3, -0.25) is 4.79 Å². The van der Waals surface area contributed by atoms with Gasteiger partial charge in [0.2, 0.25) is 0 Å². The first-order valence-corrected chi connectivity index (χ1v) is 3.80. The predicted molar refractivity (Wildman–Crippen MR) is 44.1 cm³/mol. The van der Waals surface area contributed by atoms with Gasteiger partial charge < -0.3 is 5.11 Å². The standard InChI is InChI=1S/C9H14O2/c1-4-7-9(5-2,6-3)8(10)11/h5-6H2,1-3H3,(H,10,11). The van der Waals surface area contributed by atoms with Gasteiger partial charge in [-0.1, -0.05) is 19.8 Å². The summed E-state index contributed by atoms with van der Waals surface area (Å²) in [6.07, 6.45) is 1.14. The van der Waals surface area contributed by atoms with E-state index >= 15 is 0 Å². The summed E-state index contributed by atoms with van der Waals surface area (Å²) in [6, 6.07) is 0. The number of rotatable bonds is 3. The first-order valence-electron chi connectivity index (χ1n) is 3.80. The summed E-state index contributed by atoms with van der Waals surface area (Å²) in [5.74, 6) is 4.60. The molecule has 0 saturated carbocycles. The van der Waals surface area contributed by atoms with Crippen molar-refractivity contribution in [1.82, 2.24) is 0 Å². The maximum atomic E-state index is 10.8. The average molecular weight is 154 g/mol. The number of carboxylic acid groups (broad SMARTS) is 1.